The molecule has 0 spiro atoms. The summed E-state index contributed by atoms with van der Waals surface area (Å²) in [7, 11) is 5.28. The van der Waals surface area contributed by atoms with E-state index < -0.39 is 0 Å². The zero-order valence-corrected chi connectivity index (χ0v) is 12.2. The number of rotatable bonds is 7. The number of nitrogens with one attached hydrogen (secondary N) is 1. The Balaban J connectivity index is 1.86. The lowest BCUT2D eigenvalue weighted by Crippen LogP contribution is -2.17. The van der Waals surface area contributed by atoms with Gasteiger partial charge < -0.3 is 14.8 Å². The minimum Gasteiger partial charge on any atom is -0.497 e. The number of ether oxygens (including phenoxy) is 2. The fraction of sp³-hybridized carbons (Fsp3) is 0.400. The molecule has 0 fully saturated rings. The van der Waals surface area contributed by atoms with Crippen LogP contribution in [0.4, 0.5) is 0 Å². The lowest BCUT2D eigenvalue weighted by molar-refractivity contribution is 0.397. The lowest BCUT2D eigenvalue weighted by atomic mass is 10.2. The quantitative estimate of drug-likeness (QED) is 0.782. The van der Waals surface area contributed by atoms with E-state index in [0.29, 0.717) is 0 Å². The standard InChI is InChI=1S/C15H21N3O2/c1-18-9-7-13(17-18)6-8-16-11-12-10-14(19-2)4-5-15(12)20-3/h4-5,7,9-10,16H,6,8,11H2,1-3H3. The SMILES string of the molecule is COc1ccc(OC)c(CNCCc2ccn(C)n2)c1. The highest BCUT2D eigenvalue weighted by Crippen LogP contribution is 2.23. The molecule has 0 saturated heterocycles. The van der Waals surface area contributed by atoms with Crippen molar-refractivity contribution in [3.63, 3.8) is 0 Å². The Labute approximate surface area is 119 Å². The molecule has 0 bridgehead atoms. The Hall–Kier alpha value is -2.01. The zero-order chi connectivity index (χ0) is 14.4. The smallest absolute Gasteiger partial charge is 0.123 e. The van der Waals surface area contributed by atoms with E-state index in [9.17, 15) is 0 Å². The number of aryl methyl sites for hydroxylation is 1. The molecule has 2 rings (SSSR count). The van der Waals surface area contributed by atoms with Gasteiger partial charge in [0, 0.05) is 38.3 Å². The molecule has 5 heteroatoms. The number of nitrogens with zero attached hydrogens (tertiary/aromatic N) is 2. The molecule has 0 amide bonds. The first-order valence-corrected chi connectivity index (χ1v) is 6.63. The van der Waals surface area contributed by atoms with Crippen molar-refractivity contribution in [3.05, 3.63) is 41.7 Å². The molecular weight excluding hydrogens is 254 g/mol. The van der Waals surface area contributed by atoms with Crippen molar-refractivity contribution in [1.82, 2.24) is 15.1 Å². The number of benzene rings is 1. The van der Waals surface area contributed by atoms with Crippen LogP contribution in [-0.2, 0) is 20.0 Å². The molecule has 0 radical (unpaired) electrons. The van der Waals surface area contributed by atoms with Gasteiger partial charge in [-0.2, -0.15) is 5.10 Å². The van der Waals surface area contributed by atoms with E-state index in [2.05, 4.69) is 10.4 Å². The van der Waals surface area contributed by atoms with Crippen LogP contribution in [-0.4, -0.2) is 30.5 Å². The van der Waals surface area contributed by atoms with Gasteiger partial charge in [0.05, 0.1) is 19.9 Å². The molecule has 2 aromatic rings. The summed E-state index contributed by atoms with van der Waals surface area (Å²) in [6.07, 6.45) is 2.87. The summed E-state index contributed by atoms with van der Waals surface area (Å²) in [5.41, 5.74) is 2.19. The fourth-order valence-corrected chi connectivity index (χ4v) is 2.06. The number of methoxy groups -OCH3 is 2. The summed E-state index contributed by atoms with van der Waals surface area (Å²) < 4.78 is 12.4. The summed E-state index contributed by atoms with van der Waals surface area (Å²) in [5, 5.41) is 7.75. The first kappa shape index (κ1) is 14.4. The van der Waals surface area contributed by atoms with E-state index >= 15 is 0 Å². The van der Waals surface area contributed by atoms with E-state index in [1.54, 1.807) is 14.2 Å². The van der Waals surface area contributed by atoms with Crippen molar-refractivity contribution in [2.24, 2.45) is 7.05 Å². The van der Waals surface area contributed by atoms with Crippen molar-refractivity contribution in [1.29, 1.82) is 0 Å². The highest BCUT2D eigenvalue weighted by atomic mass is 16.5. The zero-order valence-electron chi connectivity index (χ0n) is 12.2. The molecule has 1 aromatic carbocycles. The van der Waals surface area contributed by atoms with Gasteiger partial charge in [-0.15, -0.1) is 0 Å². The second-order valence-corrected chi connectivity index (χ2v) is 4.59. The molecule has 0 saturated carbocycles. The normalized spacial score (nSPS) is 10.6. The van der Waals surface area contributed by atoms with Crippen LogP contribution in [0.25, 0.3) is 0 Å². The maximum Gasteiger partial charge on any atom is 0.123 e. The van der Waals surface area contributed by atoms with Crippen LogP contribution in [0.2, 0.25) is 0 Å². The van der Waals surface area contributed by atoms with Crippen molar-refractivity contribution >= 4 is 0 Å². The van der Waals surface area contributed by atoms with E-state index in [0.717, 1.165) is 42.3 Å². The third-order valence-corrected chi connectivity index (χ3v) is 3.13. The molecule has 1 heterocycles. The maximum absolute atomic E-state index is 5.35. The Kier molecular flexibility index (Phi) is 5.01. The molecule has 0 aliphatic carbocycles. The van der Waals surface area contributed by atoms with Gasteiger partial charge >= 0.3 is 0 Å². The minimum absolute atomic E-state index is 0.743. The van der Waals surface area contributed by atoms with Crippen LogP contribution < -0.4 is 14.8 Å². The number of hydrogen-bond donors (Lipinski definition) is 1. The Morgan fingerprint density at radius 3 is 2.70 bits per heavy atom. The first-order chi connectivity index (χ1) is 9.72. The van der Waals surface area contributed by atoms with Crippen LogP contribution in [0.3, 0.4) is 0 Å². The molecule has 0 atom stereocenters. The van der Waals surface area contributed by atoms with Gasteiger partial charge in [-0.3, -0.25) is 4.68 Å². The highest BCUT2D eigenvalue weighted by Gasteiger charge is 2.05. The molecule has 5 nitrogen and oxygen atoms in total. The van der Waals surface area contributed by atoms with E-state index in [1.807, 2.05) is 42.2 Å². The largest absolute Gasteiger partial charge is 0.497 e. The molecule has 1 N–H and O–H groups in total. The van der Waals surface area contributed by atoms with Crippen molar-refractivity contribution in [2.75, 3.05) is 20.8 Å². The second kappa shape index (κ2) is 6.96. The summed E-state index contributed by atoms with van der Waals surface area (Å²) in [5.74, 6) is 1.71. The van der Waals surface area contributed by atoms with Crippen LogP contribution in [0.1, 0.15) is 11.3 Å². The van der Waals surface area contributed by atoms with Crippen LogP contribution in [0, 0.1) is 0 Å². The maximum atomic E-state index is 5.35. The van der Waals surface area contributed by atoms with Crippen molar-refractivity contribution in [3.8, 4) is 11.5 Å². The second-order valence-electron chi connectivity index (χ2n) is 4.59. The van der Waals surface area contributed by atoms with Gasteiger partial charge in [-0.05, 0) is 24.3 Å². The number of hydrogen-bond acceptors (Lipinski definition) is 4. The number of aromatic nitrogens is 2. The Morgan fingerprint density at radius 1 is 1.20 bits per heavy atom. The Morgan fingerprint density at radius 2 is 2.05 bits per heavy atom. The summed E-state index contributed by atoms with van der Waals surface area (Å²) in [6, 6.07) is 7.85. The van der Waals surface area contributed by atoms with E-state index in [1.165, 1.54) is 0 Å². The molecule has 0 aliphatic rings. The first-order valence-electron chi connectivity index (χ1n) is 6.63. The third kappa shape index (κ3) is 3.74. The molecule has 0 unspecified atom stereocenters. The van der Waals surface area contributed by atoms with Gasteiger partial charge in [0.2, 0.25) is 0 Å². The molecular formula is C15H21N3O2. The van der Waals surface area contributed by atoms with Crippen molar-refractivity contribution in [2.45, 2.75) is 13.0 Å². The minimum atomic E-state index is 0.743. The van der Waals surface area contributed by atoms with Gasteiger partial charge in [-0.1, -0.05) is 0 Å². The fourth-order valence-electron chi connectivity index (χ4n) is 2.06. The van der Waals surface area contributed by atoms with Gasteiger partial charge in [0.15, 0.2) is 0 Å². The predicted octanol–water partition coefficient (Wildman–Crippen LogP) is 1.77. The average molecular weight is 275 g/mol. The van der Waals surface area contributed by atoms with Crippen LogP contribution in [0.15, 0.2) is 30.5 Å². The monoisotopic (exact) mass is 275 g/mol. The van der Waals surface area contributed by atoms with E-state index in [-0.39, 0.29) is 0 Å². The summed E-state index contributed by atoms with van der Waals surface area (Å²) in [4.78, 5) is 0. The van der Waals surface area contributed by atoms with Crippen molar-refractivity contribution < 1.29 is 9.47 Å². The molecule has 0 aliphatic heterocycles. The van der Waals surface area contributed by atoms with E-state index in [4.69, 9.17) is 9.47 Å². The summed E-state index contributed by atoms with van der Waals surface area (Å²) >= 11 is 0. The molecule has 20 heavy (non-hydrogen) atoms. The average Bonchev–Trinajstić information content (AvgIpc) is 2.89. The third-order valence-electron chi connectivity index (χ3n) is 3.13. The highest BCUT2D eigenvalue weighted by molar-refractivity contribution is 5.40. The van der Waals surface area contributed by atoms with Gasteiger partial charge in [0.25, 0.3) is 0 Å². The summed E-state index contributed by atoms with van der Waals surface area (Å²) in [6.45, 7) is 1.62. The lowest BCUT2D eigenvalue weighted by Gasteiger charge is -2.11. The van der Waals surface area contributed by atoms with Crippen LogP contribution >= 0.6 is 0 Å². The van der Waals surface area contributed by atoms with Crippen LogP contribution in [0.5, 0.6) is 11.5 Å². The molecule has 108 valence electrons. The topological polar surface area (TPSA) is 48.3 Å². The van der Waals surface area contributed by atoms with Gasteiger partial charge in [-0.25, -0.2) is 0 Å². The Bertz CT molecular complexity index is 552. The molecule has 1 aromatic heterocycles. The van der Waals surface area contributed by atoms with Gasteiger partial charge in [0.1, 0.15) is 11.5 Å². The predicted molar refractivity (Wildman–Crippen MR) is 78.2 cm³/mol.